The van der Waals surface area contributed by atoms with Crippen molar-refractivity contribution in [1.29, 1.82) is 0 Å². The lowest BCUT2D eigenvalue weighted by molar-refractivity contribution is 0.440. The molecule has 2 aromatic rings. The molecule has 1 aromatic carbocycles. The van der Waals surface area contributed by atoms with E-state index in [9.17, 15) is 17.1 Å². The van der Waals surface area contributed by atoms with Crippen LogP contribution in [0.2, 0.25) is 0 Å². The molecule has 0 atom stereocenters. The molecular formula is C9H5FO5S. The first kappa shape index (κ1) is 10.6. The van der Waals surface area contributed by atoms with E-state index in [-0.39, 0.29) is 11.3 Å². The molecule has 0 unspecified atom stereocenters. The molecule has 0 aliphatic carbocycles. The summed E-state index contributed by atoms with van der Waals surface area (Å²) in [5, 5.41) is 0.431. The van der Waals surface area contributed by atoms with Gasteiger partial charge in [-0.2, -0.15) is 8.42 Å². The van der Waals surface area contributed by atoms with Crippen LogP contribution in [0.1, 0.15) is 0 Å². The molecule has 7 heteroatoms. The van der Waals surface area contributed by atoms with Gasteiger partial charge in [0.25, 0.3) is 0 Å². The van der Waals surface area contributed by atoms with Crippen LogP contribution in [0.4, 0.5) is 3.89 Å². The van der Waals surface area contributed by atoms with Crippen molar-refractivity contribution >= 4 is 21.5 Å². The maximum atomic E-state index is 12.2. The Morgan fingerprint density at radius 3 is 2.62 bits per heavy atom. The van der Waals surface area contributed by atoms with Crippen molar-refractivity contribution in [3.05, 3.63) is 40.8 Å². The summed E-state index contributed by atoms with van der Waals surface area (Å²) >= 11 is 0. The van der Waals surface area contributed by atoms with E-state index in [1.807, 2.05) is 0 Å². The quantitative estimate of drug-likeness (QED) is 0.589. The van der Waals surface area contributed by atoms with Crippen LogP contribution in [0.3, 0.4) is 0 Å². The van der Waals surface area contributed by atoms with Gasteiger partial charge in [0, 0.05) is 11.5 Å². The summed E-state index contributed by atoms with van der Waals surface area (Å²) in [5.41, 5.74) is -0.268. The molecule has 0 bridgehead atoms. The first-order valence-corrected chi connectivity index (χ1v) is 5.43. The molecule has 16 heavy (non-hydrogen) atoms. The van der Waals surface area contributed by atoms with Crippen LogP contribution in [-0.2, 0) is 10.5 Å². The van der Waals surface area contributed by atoms with Crippen molar-refractivity contribution in [2.45, 2.75) is 0 Å². The monoisotopic (exact) mass is 244 g/mol. The molecule has 0 fully saturated rings. The van der Waals surface area contributed by atoms with Crippen molar-refractivity contribution in [1.82, 2.24) is 0 Å². The maximum absolute atomic E-state index is 12.2. The zero-order valence-corrected chi connectivity index (χ0v) is 8.53. The minimum atomic E-state index is -5.05. The Kier molecular flexibility index (Phi) is 2.39. The largest absolute Gasteiger partial charge is 0.488 e. The summed E-state index contributed by atoms with van der Waals surface area (Å²) in [5.74, 6) is -0.191. The third-order valence-corrected chi connectivity index (χ3v) is 2.18. The fraction of sp³-hybridized carbons (Fsp3) is 0. The van der Waals surface area contributed by atoms with Gasteiger partial charge in [0.05, 0.1) is 0 Å². The molecule has 5 nitrogen and oxygen atoms in total. The lowest BCUT2D eigenvalue weighted by atomic mass is 10.2. The number of benzene rings is 1. The third kappa shape index (κ3) is 2.37. The number of halogens is 1. The number of hydrogen-bond donors (Lipinski definition) is 0. The SMILES string of the molecule is O=c1ccc2cc(OS(=O)(=O)F)ccc2o1. The summed E-state index contributed by atoms with van der Waals surface area (Å²) in [7, 11) is -5.05. The highest BCUT2D eigenvalue weighted by Gasteiger charge is 2.10. The summed E-state index contributed by atoms with van der Waals surface area (Å²) in [4.78, 5) is 10.8. The van der Waals surface area contributed by atoms with Crippen LogP contribution < -0.4 is 9.81 Å². The van der Waals surface area contributed by atoms with Crippen molar-refractivity contribution in [3.8, 4) is 5.75 Å². The average Bonchev–Trinajstić information content (AvgIpc) is 2.16. The summed E-state index contributed by atoms with van der Waals surface area (Å²) < 4.78 is 41.5. The highest BCUT2D eigenvalue weighted by molar-refractivity contribution is 7.81. The van der Waals surface area contributed by atoms with Crippen LogP contribution in [0.25, 0.3) is 11.0 Å². The van der Waals surface area contributed by atoms with Gasteiger partial charge in [-0.15, -0.1) is 0 Å². The second-order valence-electron chi connectivity index (χ2n) is 2.93. The second kappa shape index (κ2) is 3.60. The van der Waals surface area contributed by atoms with Gasteiger partial charge in [0.15, 0.2) is 0 Å². The number of rotatable bonds is 2. The normalized spacial score (nSPS) is 11.6. The topological polar surface area (TPSA) is 73.6 Å². The highest BCUT2D eigenvalue weighted by Crippen LogP contribution is 2.20. The Bertz CT molecular complexity index is 688. The van der Waals surface area contributed by atoms with E-state index in [4.69, 9.17) is 4.42 Å². The number of hydrogen-bond acceptors (Lipinski definition) is 5. The minimum Gasteiger partial charge on any atom is -0.423 e. The van der Waals surface area contributed by atoms with Gasteiger partial charge < -0.3 is 8.60 Å². The Labute approximate surface area is 89.5 Å². The highest BCUT2D eigenvalue weighted by atomic mass is 32.3. The third-order valence-electron chi connectivity index (χ3n) is 1.79. The molecule has 1 heterocycles. The first-order chi connectivity index (χ1) is 7.44. The summed E-state index contributed by atoms with van der Waals surface area (Å²) in [6.45, 7) is 0. The zero-order valence-electron chi connectivity index (χ0n) is 7.71. The van der Waals surface area contributed by atoms with E-state index in [0.717, 1.165) is 6.07 Å². The van der Waals surface area contributed by atoms with Gasteiger partial charge in [-0.25, -0.2) is 4.79 Å². The van der Waals surface area contributed by atoms with Crippen LogP contribution in [0.15, 0.2) is 39.5 Å². The molecule has 0 radical (unpaired) electrons. The van der Waals surface area contributed by atoms with Gasteiger partial charge in [0.1, 0.15) is 11.3 Å². The summed E-state index contributed by atoms with van der Waals surface area (Å²) in [6, 6.07) is 6.32. The molecule has 0 spiro atoms. The van der Waals surface area contributed by atoms with Crippen LogP contribution >= 0.6 is 0 Å². The van der Waals surface area contributed by atoms with Crippen LogP contribution in [0, 0.1) is 0 Å². The Hall–Kier alpha value is -1.89. The van der Waals surface area contributed by atoms with Crippen molar-refractivity contribution < 1.29 is 20.9 Å². The first-order valence-electron chi connectivity index (χ1n) is 4.12. The molecule has 0 aliphatic heterocycles. The Morgan fingerprint density at radius 2 is 1.94 bits per heavy atom. The van der Waals surface area contributed by atoms with Crippen LogP contribution in [0.5, 0.6) is 5.75 Å². The minimum absolute atomic E-state index is 0.191. The lowest BCUT2D eigenvalue weighted by Gasteiger charge is -2.00. The Balaban J connectivity index is 2.53. The van der Waals surface area contributed by atoms with E-state index in [2.05, 4.69) is 4.18 Å². The zero-order chi connectivity index (χ0) is 11.8. The molecule has 0 amide bonds. The van der Waals surface area contributed by atoms with Gasteiger partial charge in [-0.05, 0) is 24.3 Å². The van der Waals surface area contributed by atoms with Crippen LogP contribution in [-0.4, -0.2) is 8.42 Å². The smallest absolute Gasteiger partial charge is 0.423 e. The fourth-order valence-corrected chi connectivity index (χ4v) is 1.55. The molecule has 0 aliphatic rings. The van der Waals surface area contributed by atoms with Gasteiger partial charge in [-0.1, -0.05) is 3.89 Å². The van der Waals surface area contributed by atoms with E-state index >= 15 is 0 Å². The maximum Gasteiger partial charge on any atom is 0.488 e. The Morgan fingerprint density at radius 1 is 1.19 bits per heavy atom. The lowest BCUT2D eigenvalue weighted by Crippen LogP contribution is -2.01. The molecule has 2 rings (SSSR count). The standard InChI is InChI=1S/C9H5FO5S/c10-16(12,13)15-7-2-3-8-6(5-7)1-4-9(11)14-8/h1-5H. The van der Waals surface area contributed by atoms with Crippen molar-refractivity contribution in [2.75, 3.05) is 0 Å². The van der Waals surface area contributed by atoms with Crippen molar-refractivity contribution in [2.24, 2.45) is 0 Å². The van der Waals surface area contributed by atoms with E-state index < -0.39 is 16.1 Å². The van der Waals surface area contributed by atoms with E-state index in [1.165, 1.54) is 24.3 Å². The molecule has 1 aromatic heterocycles. The molecule has 84 valence electrons. The number of fused-ring (bicyclic) bond motifs is 1. The fourth-order valence-electron chi connectivity index (χ4n) is 1.22. The summed E-state index contributed by atoms with van der Waals surface area (Å²) in [6.07, 6.45) is 0. The average molecular weight is 244 g/mol. The van der Waals surface area contributed by atoms with Crippen molar-refractivity contribution in [3.63, 3.8) is 0 Å². The second-order valence-corrected chi connectivity index (χ2v) is 3.88. The molecule has 0 saturated heterocycles. The van der Waals surface area contributed by atoms with E-state index in [0.29, 0.717) is 5.39 Å². The van der Waals surface area contributed by atoms with E-state index in [1.54, 1.807) is 0 Å². The molecule has 0 N–H and O–H groups in total. The molecule has 0 saturated carbocycles. The van der Waals surface area contributed by atoms with Gasteiger partial charge in [-0.3, -0.25) is 0 Å². The van der Waals surface area contributed by atoms with Gasteiger partial charge >= 0.3 is 16.1 Å². The predicted octanol–water partition coefficient (Wildman–Crippen LogP) is 1.39. The predicted molar refractivity (Wildman–Crippen MR) is 53.1 cm³/mol. The van der Waals surface area contributed by atoms with Gasteiger partial charge in [0.2, 0.25) is 0 Å². The molecular weight excluding hydrogens is 239 g/mol.